The lowest BCUT2D eigenvalue weighted by molar-refractivity contribution is -0.144. The number of carbonyl (C=O) groups is 3. The number of aromatic nitrogens is 2. The largest absolute Gasteiger partial charge is 0.495 e. The number of hydrogen-bond acceptors (Lipinski definition) is 10. The van der Waals surface area contributed by atoms with Crippen LogP contribution in [0.3, 0.4) is 0 Å². The number of para-hydroxylation sites is 1. The molecule has 4 heterocycles. The second kappa shape index (κ2) is 28.8. The average molecular weight is 1490 g/mol. The van der Waals surface area contributed by atoms with Crippen molar-refractivity contribution in [2.45, 2.75) is 150 Å². The molecule has 10 aromatic rings. The summed E-state index contributed by atoms with van der Waals surface area (Å²) in [5, 5.41) is -2.21. The highest BCUT2D eigenvalue weighted by Crippen LogP contribution is 2.51. The SMILES string of the molecule is CCOC(=O)C1=C(C)/C(=C(\c2c(CC3CCCCC3)cc(OC(=O)Cc3ccc(-n4c(=O)c5cc(-c6cc(C(F)(F)F)cc(C(F)(F)F)c6)c6oc7ccccc7c7c(-c8cc(C(F)(F)F)cc(C(F)(F)F)c8)cc(c4=O)c5c67)cc3)cc2CC2CCCCC2)c2c(C)c(C(=O)OCC)c(C)n2[B]F)N=C1C. The first-order valence-corrected chi connectivity index (χ1v) is 35.1. The van der Waals surface area contributed by atoms with E-state index in [9.17, 15) is 67.1 Å². The van der Waals surface area contributed by atoms with E-state index >= 15 is 13.9 Å². The number of hydrogen-bond donors (Lipinski definition) is 0. The van der Waals surface area contributed by atoms with Gasteiger partial charge in [-0.15, -0.1) is 0 Å². The highest BCUT2D eigenvalue weighted by molar-refractivity contribution is 6.32. The van der Waals surface area contributed by atoms with Gasteiger partial charge in [0.1, 0.15) is 16.9 Å². The first kappa shape index (κ1) is 75.0. The second-order valence-corrected chi connectivity index (χ2v) is 27.6. The number of halogens is 13. The Morgan fingerprint density at radius 3 is 1.57 bits per heavy atom. The molecule has 0 N–H and O–H groups in total. The van der Waals surface area contributed by atoms with Gasteiger partial charge in [-0.25, -0.2) is 14.2 Å². The number of aliphatic imine (C=N–C) groups is 1. The standard InChI is InChI=1S/C81H68BF13N3O9/c1-7-104-76(102)64-40(3)71(96-42(64)5)70(72-41(4)65(77(103)105-8-2)43(6)98(72)82-95)66-49(27-44-17-11-9-12-18-44)34-56(35-50(66)28-45-19-13-10-14-20-45)106-63(99)29-46-23-25-55(26-24-46)97-74(100)60-38-58(47-30-51(78(83,84)85)36-52(31-47)79(86,87)88)67-57-21-15-16-22-62(57)107-73-59(39-61(75(97)101)68(60)69(67)73)48-32-53(80(89,90)91)37-54(33-48)81(92,93)94/h15-16,21-26,30-39,44-45H,7-14,17-20,27-29H2,1-6H3/b71-70-. The van der Waals surface area contributed by atoms with E-state index in [0.29, 0.717) is 94.2 Å². The molecule has 107 heavy (non-hydrogen) atoms. The molecular weight excluding hydrogens is 1420 g/mol. The minimum Gasteiger partial charge on any atom is -0.462 e. The zero-order chi connectivity index (χ0) is 76.7. The van der Waals surface area contributed by atoms with Crippen LogP contribution in [0.5, 0.6) is 5.75 Å². The maximum atomic E-state index is 16.0. The number of fused-ring (bicyclic) bond motifs is 2. The quantitative estimate of drug-likeness (QED) is 0.0217. The highest BCUT2D eigenvalue weighted by atomic mass is 19.4. The molecule has 26 heteroatoms. The van der Waals surface area contributed by atoms with Gasteiger partial charge in [0.15, 0.2) is 0 Å². The summed E-state index contributed by atoms with van der Waals surface area (Å²) in [5.74, 6) is -1.71. The predicted octanol–water partition coefficient (Wildman–Crippen LogP) is 20.7. The molecule has 0 atom stereocenters. The van der Waals surface area contributed by atoms with Gasteiger partial charge in [-0.2, -0.15) is 52.7 Å². The van der Waals surface area contributed by atoms with Gasteiger partial charge in [0, 0.05) is 54.8 Å². The summed E-state index contributed by atoms with van der Waals surface area (Å²) < 4.78 is 218. The third-order valence-corrected chi connectivity index (χ3v) is 20.8. The topological polar surface area (TPSA) is 148 Å². The summed E-state index contributed by atoms with van der Waals surface area (Å²) in [6.07, 6.45) is -12.0. The van der Waals surface area contributed by atoms with Crippen LogP contribution in [-0.4, -0.2) is 53.6 Å². The molecule has 0 saturated heterocycles. The zero-order valence-corrected chi connectivity index (χ0v) is 58.7. The monoisotopic (exact) mass is 1480 g/mol. The van der Waals surface area contributed by atoms with E-state index in [1.807, 2.05) is 0 Å². The van der Waals surface area contributed by atoms with E-state index in [-0.39, 0.29) is 98.4 Å². The minimum absolute atomic E-state index is 0.0264. The van der Waals surface area contributed by atoms with E-state index in [0.717, 1.165) is 76.3 Å². The van der Waals surface area contributed by atoms with Crippen molar-refractivity contribution in [3.05, 3.63) is 214 Å². The lowest BCUT2D eigenvalue weighted by atomic mass is 9.77. The van der Waals surface area contributed by atoms with Crippen LogP contribution >= 0.6 is 0 Å². The van der Waals surface area contributed by atoms with Crippen LogP contribution in [0.2, 0.25) is 0 Å². The lowest BCUT2D eigenvalue weighted by Crippen LogP contribution is -2.32. The van der Waals surface area contributed by atoms with E-state index in [1.54, 1.807) is 53.7 Å². The van der Waals surface area contributed by atoms with Crippen LogP contribution in [0.4, 0.5) is 57.0 Å². The Hall–Kier alpha value is -10.3. The van der Waals surface area contributed by atoms with Gasteiger partial charge in [-0.3, -0.25) is 19.4 Å². The number of carbonyl (C=O) groups excluding carboxylic acids is 3. The molecule has 0 amide bonds. The summed E-state index contributed by atoms with van der Waals surface area (Å²) in [7, 11) is 0.371. The Labute approximate surface area is 604 Å². The van der Waals surface area contributed by atoms with E-state index in [1.165, 1.54) is 53.0 Å². The van der Waals surface area contributed by atoms with Gasteiger partial charge in [0.05, 0.1) is 70.1 Å². The fourth-order valence-corrected chi connectivity index (χ4v) is 16.0. The fourth-order valence-electron chi connectivity index (χ4n) is 16.0. The van der Waals surface area contributed by atoms with Gasteiger partial charge in [-0.1, -0.05) is 94.5 Å². The van der Waals surface area contributed by atoms with Gasteiger partial charge >= 0.3 is 50.3 Å². The number of ether oxygens (including phenoxy) is 3. The van der Waals surface area contributed by atoms with Gasteiger partial charge in [0.2, 0.25) is 0 Å². The lowest BCUT2D eigenvalue weighted by Gasteiger charge is -2.29. The molecule has 3 aliphatic rings. The van der Waals surface area contributed by atoms with Gasteiger partial charge in [0.25, 0.3) is 11.1 Å². The first-order valence-electron chi connectivity index (χ1n) is 35.1. The van der Waals surface area contributed by atoms with Crippen molar-refractivity contribution < 1.29 is 90.0 Å². The Morgan fingerprint density at radius 2 is 1.07 bits per heavy atom. The van der Waals surface area contributed by atoms with Crippen molar-refractivity contribution in [2.75, 3.05) is 13.2 Å². The third kappa shape index (κ3) is 14.3. The molecule has 2 aliphatic carbocycles. The van der Waals surface area contributed by atoms with Crippen LogP contribution in [0.15, 0.2) is 145 Å². The number of rotatable bonds is 17. The molecule has 3 aromatic heterocycles. The molecule has 2 fully saturated rings. The Bertz CT molecular complexity index is 5350. The molecule has 13 rings (SSSR count). The minimum atomic E-state index is -5.42. The molecule has 0 unspecified atom stereocenters. The predicted molar refractivity (Wildman–Crippen MR) is 380 cm³/mol. The van der Waals surface area contributed by atoms with Gasteiger partial charge < -0.3 is 27.4 Å². The Balaban J connectivity index is 0.973. The molecular formula is C81H68BF13N3O9. The van der Waals surface area contributed by atoms with Crippen molar-refractivity contribution in [1.82, 2.24) is 9.05 Å². The molecule has 7 aromatic carbocycles. The van der Waals surface area contributed by atoms with E-state index in [4.69, 9.17) is 23.6 Å². The normalized spacial score (nSPS) is 15.7. The van der Waals surface area contributed by atoms with E-state index in [2.05, 4.69) is 0 Å². The van der Waals surface area contributed by atoms with Crippen molar-refractivity contribution in [1.29, 1.82) is 0 Å². The van der Waals surface area contributed by atoms with Crippen molar-refractivity contribution in [3.8, 4) is 33.7 Å². The molecule has 0 bridgehead atoms. The zero-order valence-electron chi connectivity index (χ0n) is 58.7. The third-order valence-electron chi connectivity index (χ3n) is 20.8. The van der Waals surface area contributed by atoms with Crippen LogP contribution < -0.4 is 15.9 Å². The average Bonchev–Trinajstić information content (AvgIpc) is 1.36. The number of allylic oxidation sites excluding steroid dienone is 1. The molecule has 1 radical (unpaired) electrons. The van der Waals surface area contributed by atoms with Crippen LogP contribution in [0.1, 0.15) is 164 Å². The number of benzene rings is 7. The van der Waals surface area contributed by atoms with Crippen molar-refractivity contribution in [3.63, 3.8) is 0 Å². The van der Waals surface area contributed by atoms with Crippen LogP contribution in [-0.2, 0) is 63.0 Å². The Morgan fingerprint density at radius 1 is 0.570 bits per heavy atom. The fraction of sp³-hybridized carbons (Fsp3) is 0.333. The summed E-state index contributed by atoms with van der Waals surface area (Å²) in [5.41, 5.74) is -8.34. The molecule has 1 aliphatic heterocycles. The number of nitrogens with zero attached hydrogens (tertiary/aromatic N) is 3. The highest BCUT2D eigenvalue weighted by Gasteiger charge is 2.42. The van der Waals surface area contributed by atoms with Crippen LogP contribution in [0.25, 0.3) is 77.0 Å². The first-order chi connectivity index (χ1) is 50.7. The van der Waals surface area contributed by atoms with Crippen molar-refractivity contribution in [2.24, 2.45) is 16.8 Å². The van der Waals surface area contributed by atoms with Crippen molar-refractivity contribution >= 4 is 80.4 Å². The summed E-state index contributed by atoms with van der Waals surface area (Å²) in [6, 6.07) is 17.2. The molecule has 12 nitrogen and oxygen atoms in total. The summed E-state index contributed by atoms with van der Waals surface area (Å²) in [4.78, 5) is 78.3. The second-order valence-electron chi connectivity index (χ2n) is 27.6. The molecule has 0 spiro atoms. The van der Waals surface area contributed by atoms with Gasteiger partial charge in [-0.05, 0) is 195 Å². The number of esters is 3. The number of alkyl halides is 12. The maximum Gasteiger partial charge on any atom is 0.495 e. The molecule has 555 valence electrons. The summed E-state index contributed by atoms with van der Waals surface area (Å²) in [6.45, 7) is 10.1. The van der Waals surface area contributed by atoms with E-state index < -0.39 is 126 Å². The van der Waals surface area contributed by atoms with Crippen LogP contribution in [0, 0.1) is 25.7 Å². The molecule has 2 saturated carbocycles. The number of pyridine rings is 1. The summed E-state index contributed by atoms with van der Waals surface area (Å²) >= 11 is 0. The Kier molecular flexibility index (Phi) is 20.2. The smallest absolute Gasteiger partial charge is 0.462 e. The maximum absolute atomic E-state index is 16.0.